The van der Waals surface area contributed by atoms with E-state index < -0.39 is 8.07 Å². The van der Waals surface area contributed by atoms with Gasteiger partial charge in [-0.1, -0.05) is 224 Å². The number of hydrogen-bond donors (Lipinski definition) is 0. The minimum absolute atomic E-state index is 1.15. The first-order valence-corrected chi connectivity index (χ1v) is 28.0. The molecule has 15 aromatic rings. The summed E-state index contributed by atoms with van der Waals surface area (Å²) < 4.78 is 4.82. The number of rotatable bonds is 8. The first-order valence-electron chi connectivity index (χ1n) is 26.0. The van der Waals surface area contributed by atoms with Crippen molar-refractivity contribution in [3.05, 3.63) is 291 Å². The van der Waals surface area contributed by atoms with Crippen LogP contribution < -0.4 is 20.7 Å². The normalized spacial score (nSPS) is 12.0. The standard InChI is InChI=1S/C72H48N2Si/c1-5-21-53(22-6-1)73-69-35-18-17-34-64(69)66-45-51(37-41-70(66)73)52-38-43-72-68(47-52)67-46-50(36-42-71(67)74(72)54-23-7-2-8-24-54)49-20-19-29-57(44-49)75(55-25-9-3-10-26-55,56-27-11-4-12-28-56)58-39-40-63-61-32-14-13-30-59(61)60-31-15-16-33-62(60)65(63)48-58/h1-48H. The van der Waals surface area contributed by atoms with Crippen LogP contribution in [0.2, 0.25) is 0 Å². The summed E-state index contributed by atoms with van der Waals surface area (Å²) in [5.41, 5.74) is 11.9. The van der Waals surface area contributed by atoms with E-state index in [1.165, 1.54) is 119 Å². The topological polar surface area (TPSA) is 9.86 Å². The molecule has 0 fully saturated rings. The molecule has 0 saturated heterocycles. The molecule has 2 nitrogen and oxygen atoms in total. The number of fused-ring (bicyclic) bond motifs is 12. The summed E-state index contributed by atoms with van der Waals surface area (Å²) >= 11 is 0. The Balaban J connectivity index is 0.934. The molecule has 350 valence electrons. The van der Waals surface area contributed by atoms with E-state index in [2.05, 4.69) is 300 Å². The van der Waals surface area contributed by atoms with Crippen molar-refractivity contribution in [3.63, 3.8) is 0 Å². The van der Waals surface area contributed by atoms with Crippen LogP contribution in [0.3, 0.4) is 0 Å². The predicted molar refractivity (Wildman–Crippen MR) is 322 cm³/mol. The summed E-state index contributed by atoms with van der Waals surface area (Å²) in [5, 5.41) is 18.1. The second-order valence-corrected chi connectivity index (χ2v) is 23.8. The summed E-state index contributed by atoms with van der Waals surface area (Å²) in [6, 6.07) is 109. The van der Waals surface area contributed by atoms with Crippen LogP contribution >= 0.6 is 0 Å². The van der Waals surface area contributed by atoms with Crippen LogP contribution in [0.5, 0.6) is 0 Å². The fraction of sp³-hybridized carbons (Fsp3) is 0. The zero-order valence-electron chi connectivity index (χ0n) is 41.1. The average molecular weight is 969 g/mol. The molecule has 0 atom stereocenters. The molecule has 75 heavy (non-hydrogen) atoms. The maximum absolute atomic E-state index is 2.98. The largest absolute Gasteiger partial charge is 0.309 e. The first kappa shape index (κ1) is 43.1. The molecule has 0 aliphatic rings. The molecule has 0 aliphatic carbocycles. The lowest BCUT2D eigenvalue weighted by atomic mass is 9.94. The third kappa shape index (κ3) is 6.72. The molecule has 0 unspecified atom stereocenters. The predicted octanol–water partition coefficient (Wildman–Crippen LogP) is 16.1. The van der Waals surface area contributed by atoms with Crippen molar-refractivity contribution in [2.75, 3.05) is 0 Å². The molecule has 3 heteroatoms. The molecule has 0 spiro atoms. The van der Waals surface area contributed by atoms with Crippen LogP contribution in [0.25, 0.3) is 110 Å². The van der Waals surface area contributed by atoms with Crippen LogP contribution in [0.15, 0.2) is 291 Å². The highest BCUT2D eigenvalue weighted by molar-refractivity contribution is 7.20. The molecular formula is C72H48N2Si. The van der Waals surface area contributed by atoms with Gasteiger partial charge in [0.25, 0.3) is 0 Å². The molecule has 15 rings (SSSR count). The fourth-order valence-electron chi connectivity index (χ4n) is 12.7. The quantitative estimate of drug-likeness (QED) is 0.0816. The Morgan fingerprint density at radius 2 is 0.533 bits per heavy atom. The van der Waals surface area contributed by atoms with Crippen molar-refractivity contribution in [2.24, 2.45) is 0 Å². The second-order valence-electron chi connectivity index (χ2n) is 20.0. The molecule has 0 aliphatic heterocycles. The molecule has 0 bridgehead atoms. The van der Waals surface area contributed by atoms with Gasteiger partial charge in [-0.3, -0.25) is 0 Å². The van der Waals surface area contributed by atoms with E-state index >= 15 is 0 Å². The van der Waals surface area contributed by atoms with Gasteiger partial charge >= 0.3 is 0 Å². The number of para-hydroxylation sites is 3. The fourth-order valence-corrected chi connectivity index (χ4v) is 17.5. The zero-order chi connectivity index (χ0) is 49.5. The third-order valence-corrected chi connectivity index (χ3v) is 20.8. The van der Waals surface area contributed by atoms with Gasteiger partial charge in [-0.05, 0) is 142 Å². The highest BCUT2D eigenvalue weighted by Gasteiger charge is 2.42. The third-order valence-electron chi connectivity index (χ3n) is 16.0. The van der Waals surface area contributed by atoms with Crippen LogP contribution in [-0.2, 0) is 0 Å². The summed E-state index contributed by atoms with van der Waals surface area (Å²) in [4.78, 5) is 0. The van der Waals surface area contributed by atoms with E-state index in [9.17, 15) is 0 Å². The Morgan fingerprint density at radius 3 is 1.03 bits per heavy atom. The minimum Gasteiger partial charge on any atom is -0.309 e. The minimum atomic E-state index is -2.98. The SMILES string of the molecule is c1ccc(-n2c3ccccc3c3cc(-c4ccc5c(c4)c4cc(-c6cccc([Si](c7ccccc7)(c7ccccc7)c7ccc8c9ccccc9c9ccccc9c8c7)c6)ccc4n5-c4ccccc4)ccc32)cc1. The summed E-state index contributed by atoms with van der Waals surface area (Å²) in [7, 11) is -2.98. The Hall–Kier alpha value is -9.54. The van der Waals surface area contributed by atoms with Gasteiger partial charge in [-0.2, -0.15) is 0 Å². The molecule has 0 radical (unpaired) electrons. The van der Waals surface area contributed by atoms with Crippen molar-refractivity contribution >= 4 is 105 Å². The van der Waals surface area contributed by atoms with E-state index in [1.807, 2.05) is 0 Å². The van der Waals surface area contributed by atoms with Gasteiger partial charge in [0, 0.05) is 32.9 Å². The maximum atomic E-state index is 2.55. The van der Waals surface area contributed by atoms with Crippen molar-refractivity contribution in [1.82, 2.24) is 9.13 Å². The molecule has 0 N–H and O–H groups in total. The van der Waals surface area contributed by atoms with Crippen LogP contribution in [0.4, 0.5) is 0 Å². The van der Waals surface area contributed by atoms with Crippen LogP contribution in [0, 0.1) is 0 Å². The molecule has 2 heterocycles. The van der Waals surface area contributed by atoms with E-state index in [1.54, 1.807) is 0 Å². The summed E-state index contributed by atoms with van der Waals surface area (Å²) in [6.07, 6.45) is 0. The molecule has 13 aromatic carbocycles. The van der Waals surface area contributed by atoms with E-state index in [-0.39, 0.29) is 0 Å². The Bertz CT molecular complexity index is 4610. The van der Waals surface area contributed by atoms with Crippen LogP contribution in [0.1, 0.15) is 0 Å². The van der Waals surface area contributed by atoms with Crippen molar-refractivity contribution < 1.29 is 0 Å². The number of hydrogen-bond acceptors (Lipinski definition) is 0. The van der Waals surface area contributed by atoms with Gasteiger partial charge in [-0.15, -0.1) is 0 Å². The maximum Gasteiger partial charge on any atom is 0.179 e. The number of nitrogens with zero attached hydrogens (tertiary/aromatic N) is 2. The van der Waals surface area contributed by atoms with E-state index in [0.717, 1.165) is 11.4 Å². The average Bonchev–Trinajstić information content (AvgIpc) is 4.04. The Kier molecular flexibility index (Phi) is 9.94. The lowest BCUT2D eigenvalue weighted by Gasteiger charge is -2.35. The lowest BCUT2D eigenvalue weighted by molar-refractivity contribution is 1.18. The highest BCUT2D eigenvalue weighted by Crippen LogP contribution is 2.40. The van der Waals surface area contributed by atoms with E-state index in [4.69, 9.17) is 0 Å². The Labute approximate surface area is 436 Å². The summed E-state index contributed by atoms with van der Waals surface area (Å²) in [6.45, 7) is 0. The number of benzene rings is 13. The van der Waals surface area contributed by atoms with Crippen LogP contribution in [-0.4, -0.2) is 17.2 Å². The van der Waals surface area contributed by atoms with Gasteiger partial charge in [0.15, 0.2) is 8.07 Å². The molecule has 0 amide bonds. The molecule has 0 saturated carbocycles. The molecular weight excluding hydrogens is 921 g/mol. The second kappa shape index (κ2) is 17.3. The smallest absolute Gasteiger partial charge is 0.179 e. The van der Waals surface area contributed by atoms with Gasteiger partial charge in [0.2, 0.25) is 0 Å². The first-order chi connectivity index (χ1) is 37.2. The highest BCUT2D eigenvalue weighted by atomic mass is 28.3. The van der Waals surface area contributed by atoms with Gasteiger partial charge in [0.05, 0.1) is 22.1 Å². The van der Waals surface area contributed by atoms with Gasteiger partial charge in [-0.25, -0.2) is 0 Å². The Morgan fingerprint density at radius 1 is 0.187 bits per heavy atom. The van der Waals surface area contributed by atoms with Gasteiger partial charge < -0.3 is 9.13 Å². The lowest BCUT2D eigenvalue weighted by Crippen LogP contribution is -2.74. The van der Waals surface area contributed by atoms with Crippen molar-refractivity contribution in [3.8, 4) is 33.6 Å². The zero-order valence-corrected chi connectivity index (χ0v) is 42.1. The van der Waals surface area contributed by atoms with E-state index in [0.29, 0.717) is 0 Å². The monoisotopic (exact) mass is 968 g/mol. The van der Waals surface area contributed by atoms with Crippen molar-refractivity contribution in [1.29, 1.82) is 0 Å². The number of aromatic nitrogens is 2. The summed E-state index contributed by atoms with van der Waals surface area (Å²) in [5.74, 6) is 0. The molecule has 2 aromatic heterocycles. The van der Waals surface area contributed by atoms with Crippen molar-refractivity contribution in [2.45, 2.75) is 0 Å². The van der Waals surface area contributed by atoms with Gasteiger partial charge in [0.1, 0.15) is 0 Å².